The molecule has 0 heterocycles. The predicted molar refractivity (Wildman–Crippen MR) is 56.1 cm³/mol. The van der Waals surface area contributed by atoms with Crippen molar-refractivity contribution in [2.75, 3.05) is 7.11 Å². The van der Waals surface area contributed by atoms with Gasteiger partial charge < -0.3 is 4.74 Å². The maximum absolute atomic E-state index is 11.2. The maximum Gasteiger partial charge on any atom is 0.344 e. The predicted octanol–water partition coefficient (Wildman–Crippen LogP) is 1.94. The minimum Gasteiger partial charge on any atom is -0.465 e. The topological polar surface area (TPSA) is 113 Å². The van der Waals surface area contributed by atoms with Crippen LogP contribution in [0.4, 0.5) is 11.4 Å². The van der Waals surface area contributed by atoms with Crippen molar-refractivity contribution in [3.63, 3.8) is 0 Å². The lowest BCUT2D eigenvalue weighted by Gasteiger charge is -2.02. The number of rotatable bonds is 3. The van der Waals surface area contributed by atoms with E-state index in [1.54, 1.807) is 0 Å². The van der Waals surface area contributed by atoms with Crippen molar-refractivity contribution in [1.29, 1.82) is 0 Å². The first-order chi connectivity index (χ1) is 7.90. The van der Waals surface area contributed by atoms with Gasteiger partial charge in [0.1, 0.15) is 5.56 Å². The summed E-state index contributed by atoms with van der Waals surface area (Å²) in [5, 5.41) is 20.6. The fraction of sp³-hybridized carbons (Fsp3) is 0.125. The van der Waals surface area contributed by atoms with Gasteiger partial charge in [0.2, 0.25) is 0 Å². The van der Waals surface area contributed by atoms with E-state index in [4.69, 9.17) is 11.6 Å². The van der Waals surface area contributed by atoms with E-state index in [0.29, 0.717) is 0 Å². The Balaban J connectivity index is 3.56. The van der Waals surface area contributed by atoms with E-state index in [9.17, 15) is 25.0 Å². The van der Waals surface area contributed by atoms with Crippen LogP contribution in [0.5, 0.6) is 0 Å². The number of esters is 1. The van der Waals surface area contributed by atoms with Crippen LogP contribution < -0.4 is 0 Å². The highest BCUT2D eigenvalue weighted by Gasteiger charge is 2.31. The molecule has 0 N–H and O–H groups in total. The summed E-state index contributed by atoms with van der Waals surface area (Å²) in [7, 11) is 1.03. The van der Waals surface area contributed by atoms with E-state index in [1.807, 2.05) is 0 Å². The fourth-order valence-corrected chi connectivity index (χ4v) is 1.45. The van der Waals surface area contributed by atoms with Crippen molar-refractivity contribution in [2.45, 2.75) is 0 Å². The van der Waals surface area contributed by atoms with E-state index >= 15 is 0 Å². The van der Waals surface area contributed by atoms with Crippen LogP contribution in [0.2, 0.25) is 5.02 Å². The normalized spacial score (nSPS) is 9.76. The average Bonchev–Trinajstić information content (AvgIpc) is 2.26. The molecule has 0 saturated heterocycles. The van der Waals surface area contributed by atoms with Gasteiger partial charge in [0, 0.05) is 6.07 Å². The molecule has 9 heteroatoms. The van der Waals surface area contributed by atoms with Gasteiger partial charge in [-0.15, -0.1) is 0 Å². The molecule has 0 atom stereocenters. The number of benzene rings is 1. The molecule has 0 bridgehead atoms. The van der Waals surface area contributed by atoms with Crippen LogP contribution in [0.25, 0.3) is 0 Å². The van der Waals surface area contributed by atoms with Crippen LogP contribution in [0.15, 0.2) is 12.1 Å². The summed E-state index contributed by atoms with van der Waals surface area (Å²) in [6.07, 6.45) is 0. The number of ether oxygens (including phenoxy) is 1. The van der Waals surface area contributed by atoms with Crippen LogP contribution in [0.3, 0.4) is 0 Å². The van der Waals surface area contributed by atoms with E-state index < -0.39 is 37.8 Å². The number of halogens is 1. The zero-order valence-corrected chi connectivity index (χ0v) is 9.13. The maximum atomic E-state index is 11.2. The smallest absolute Gasteiger partial charge is 0.344 e. The van der Waals surface area contributed by atoms with Crippen LogP contribution in [-0.4, -0.2) is 22.9 Å². The second kappa shape index (κ2) is 4.74. The summed E-state index contributed by atoms with van der Waals surface area (Å²) in [6, 6.07) is 1.83. The quantitative estimate of drug-likeness (QED) is 0.466. The first-order valence-corrected chi connectivity index (χ1v) is 4.47. The van der Waals surface area contributed by atoms with Crippen molar-refractivity contribution in [1.82, 2.24) is 0 Å². The summed E-state index contributed by atoms with van der Waals surface area (Å²) in [5.74, 6) is -0.992. The molecule has 0 spiro atoms. The van der Waals surface area contributed by atoms with E-state index in [1.165, 1.54) is 0 Å². The van der Waals surface area contributed by atoms with E-state index in [-0.39, 0.29) is 0 Å². The van der Waals surface area contributed by atoms with Crippen LogP contribution >= 0.6 is 11.6 Å². The molecule has 0 amide bonds. The zero-order valence-electron chi connectivity index (χ0n) is 8.38. The lowest BCUT2D eigenvalue weighted by atomic mass is 10.1. The summed E-state index contributed by atoms with van der Waals surface area (Å²) >= 11 is 5.51. The monoisotopic (exact) mass is 260 g/mol. The SMILES string of the molecule is COC(=O)c1ccc([N+](=O)[O-])c(Cl)c1[N+](=O)[O-]. The molecule has 17 heavy (non-hydrogen) atoms. The Morgan fingerprint density at radius 1 is 1.29 bits per heavy atom. The van der Waals surface area contributed by atoms with Gasteiger partial charge in [-0.3, -0.25) is 20.2 Å². The van der Waals surface area contributed by atoms with Crippen LogP contribution in [0, 0.1) is 20.2 Å². The Kier molecular flexibility index (Phi) is 3.59. The molecule has 0 aromatic heterocycles. The number of carbonyl (C=O) groups excluding carboxylic acids is 1. The Morgan fingerprint density at radius 2 is 1.88 bits per heavy atom. The van der Waals surface area contributed by atoms with Gasteiger partial charge >= 0.3 is 11.7 Å². The Hall–Kier alpha value is -2.22. The summed E-state index contributed by atoms with van der Waals surface area (Å²) in [6.45, 7) is 0. The third-order valence-corrected chi connectivity index (χ3v) is 2.25. The van der Waals surface area contributed by atoms with E-state index in [0.717, 1.165) is 19.2 Å². The summed E-state index contributed by atoms with van der Waals surface area (Å²) < 4.78 is 4.31. The van der Waals surface area contributed by atoms with E-state index in [2.05, 4.69) is 4.74 Å². The number of hydrogen-bond acceptors (Lipinski definition) is 6. The van der Waals surface area contributed by atoms with Gasteiger partial charge in [-0.2, -0.15) is 0 Å². The molecule has 0 unspecified atom stereocenters. The molecule has 0 saturated carbocycles. The van der Waals surface area contributed by atoms with Crippen molar-refractivity contribution in [3.05, 3.63) is 42.9 Å². The van der Waals surface area contributed by atoms with Crippen molar-refractivity contribution < 1.29 is 19.4 Å². The van der Waals surface area contributed by atoms with Gasteiger partial charge in [0.15, 0.2) is 5.02 Å². The first kappa shape index (κ1) is 12.8. The van der Waals surface area contributed by atoms with Gasteiger partial charge in [-0.05, 0) is 6.07 Å². The second-order valence-corrected chi connectivity index (χ2v) is 3.18. The number of nitrogens with zero attached hydrogens (tertiary/aromatic N) is 2. The van der Waals surface area contributed by atoms with Crippen molar-refractivity contribution >= 4 is 28.9 Å². The van der Waals surface area contributed by atoms with Gasteiger partial charge in [-0.1, -0.05) is 11.6 Å². The molecule has 0 aliphatic rings. The minimum atomic E-state index is -0.992. The average molecular weight is 261 g/mol. The van der Waals surface area contributed by atoms with Crippen LogP contribution in [0.1, 0.15) is 10.4 Å². The summed E-state index contributed by atoms with van der Waals surface area (Å²) in [5.41, 5.74) is -1.92. The lowest BCUT2D eigenvalue weighted by molar-refractivity contribution is -0.394. The molecule has 1 rings (SSSR count). The Bertz CT molecular complexity index is 515. The second-order valence-electron chi connectivity index (χ2n) is 2.80. The Morgan fingerprint density at radius 3 is 2.29 bits per heavy atom. The molecule has 8 nitrogen and oxygen atoms in total. The highest BCUT2D eigenvalue weighted by molar-refractivity contribution is 6.35. The number of carbonyl (C=O) groups is 1. The highest BCUT2D eigenvalue weighted by atomic mass is 35.5. The van der Waals surface area contributed by atoms with Gasteiger partial charge in [0.05, 0.1) is 17.0 Å². The zero-order chi connectivity index (χ0) is 13.2. The fourth-order valence-electron chi connectivity index (χ4n) is 1.15. The largest absolute Gasteiger partial charge is 0.465 e. The van der Waals surface area contributed by atoms with Gasteiger partial charge in [-0.25, -0.2) is 4.79 Å². The molecule has 1 aromatic rings. The molecule has 90 valence electrons. The molecule has 1 aromatic carbocycles. The molecule has 0 aliphatic heterocycles. The summed E-state index contributed by atoms with van der Waals surface area (Å²) in [4.78, 5) is 30.6. The van der Waals surface area contributed by atoms with Crippen molar-refractivity contribution in [3.8, 4) is 0 Å². The molecular weight excluding hydrogens is 256 g/mol. The molecule has 0 aliphatic carbocycles. The van der Waals surface area contributed by atoms with Gasteiger partial charge in [0.25, 0.3) is 5.69 Å². The number of nitro groups is 2. The third kappa shape index (κ3) is 2.31. The number of methoxy groups -OCH3 is 1. The standard InChI is InChI=1S/C8H5ClN2O6/c1-17-8(12)4-2-3-5(10(13)14)6(9)7(4)11(15)16/h2-3H,1H3. The molecule has 0 radical (unpaired) electrons. The minimum absolute atomic E-state index is 0.437. The Labute approximate surface area is 99.0 Å². The third-order valence-electron chi connectivity index (χ3n) is 1.88. The van der Waals surface area contributed by atoms with Crippen LogP contribution in [-0.2, 0) is 4.74 Å². The molecular formula is C8H5ClN2O6. The number of hydrogen-bond donors (Lipinski definition) is 0. The van der Waals surface area contributed by atoms with Crippen molar-refractivity contribution in [2.24, 2.45) is 0 Å². The highest BCUT2D eigenvalue weighted by Crippen LogP contribution is 2.36. The molecule has 0 fully saturated rings. The lowest BCUT2D eigenvalue weighted by Crippen LogP contribution is -2.07. The first-order valence-electron chi connectivity index (χ1n) is 4.09. The number of nitro benzene ring substituents is 2.